The fourth-order valence-corrected chi connectivity index (χ4v) is 2.25. The third kappa shape index (κ3) is 2.59. The van der Waals surface area contributed by atoms with Crippen molar-refractivity contribution >= 4 is 17.5 Å². The maximum Gasteiger partial charge on any atom is 0.160 e. The van der Waals surface area contributed by atoms with Gasteiger partial charge in [-0.2, -0.15) is 0 Å². The number of carbonyl (C=O) groups excluding carboxylic acids is 1. The Labute approximate surface area is 106 Å². The Bertz CT molecular complexity index is 532. The predicted octanol–water partition coefficient (Wildman–Crippen LogP) is 4.28. The molecule has 17 heavy (non-hydrogen) atoms. The molecule has 0 heterocycles. The standard InChI is InChI=1S/C15H14OS/c1-11(16)14-9-8-13(17-2)10-15(14)12-6-4-3-5-7-12/h3-10H,1-2H3. The molecule has 0 aliphatic heterocycles. The molecule has 0 bridgehead atoms. The smallest absolute Gasteiger partial charge is 0.160 e. The van der Waals surface area contributed by atoms with Crippen molar-refractivity contribution in [3.05, 3.63) is 54.1 Å². The first-order valence-electron chi connectivity index (χ1n) is 5.47. The van der Waals surface area contributed by atoms with Crippen molar-refractivity contribution in [2.75, 3.05) is 6.26 Å². The fraction of sp³-hybridized carbons (Fsp3) is 0.133. The Kier molecular flexibility index (Phi) is 3.64. The second-order valence-electron chi connectivity index (χ2n) is 3.83. The van der Waals surface area contributed by atoms with Crippen molar-refractivity contribution in [2.45, 2.75) is 11.8 Å². The molecular formula is C15H14OS. The number of hydrogen-bond acceptors (Lipinski definition) is 2. The van der Waals surface area contributed by atoms with Gasteiger partial charge in [0.05, 0.1) is 0 Å². The van der Waals surface area contributed by atoms with Crippen molar-refractivity contribution < 1.29 is 4.79 Å². The highest BCUT2D eigenvalue weighted by atomic mass is 32.2. The van der Waals surface area contributed by atoms with Crippen LogP contribution in [0.1, 0.15) is 17.3 Å². The number of hydrogen-bond donors (Lipinski definition) is 0. The number of thioether (sulfide) groups is 1. The molecule has 0 spiro atoms. The Morgan fingerprint density at radius 2 is 1.76 bits per heavy atom. The topological polar surface area (TPSA) is 17.1 Å². The molecule has 2 rings (SSSR count). The lowest BCUT2D eigenvalue weighted by Gasteiger charge is -2.09. The van der Waals surface area contributed by atoms with Crippen LogP contribution in [0.4, 0.5) is 0 Å². The average Bonchev–Trinajstić information content (AvgIpc) is 2.39. The van der Waals surface area contributed by atoms with E-state index in [0.29, 0.717) is 0 Å². The summed E-state index contributed by atoms with van der Waals surface area (Å²) in [5, 5.41) is 0. The summed E-state index contributed by atoms with van der Waals surface area (Å²) < 4.78 is 0. The lowest BCUT2D eigenvalue weighted by atomic mass is 9.98. The minimum Gasteiger partial charge on any atom is -0.294 e. The zero-order chi connectivity index (χ0) is 12.3. The van der Waals surface area contributed by atoms with E-state index in [2.05, 4.69) is 6.07 Å². The number of benzene rings is 2. The lowest BCUT2D eigenvalue weighted by molar-refractivity contribution is 0.101. The number of carbonyl (C=O) groups is 1. The first kappa shape index (κ1) is 11.9. The van der Waals surface area contributed by atoms with Crippen LogP contribution in [0.25, 0.3) is 11.1 Å². The van der Waals surface area contributed by atoms with Crippen LogP contribution in [0.2, 0.25) is 0 Å². The molecule has 0 aromatic heterocycles. The lowest BCUT2D eigenvalue weighted by Crippen LogP contribution is -1.96. The number of Topliss-reactive ketones (excluding diaryl/α,β-unsaturated/α-hetero) is 1. The molecule has 0 fully saturated rings. The van der Waals surface area contributed by atoms with E-state index < -0.39 is 0 Å². The molecule has 0 radical (unpaired) electrons. The number of rotatable bonds is 3. The molecule has 2 aromatic carbocycles. The van der Waals surface area contributed by atoms with Crippen LogP contribution in [0.5, 0.6) is 0 Å². The van der Waals surface area contributed by atoms with Crippen LogP contribution in [-0.4, -0.2) is 12.0 Å². The Morgan fingerprint density at radius 3 is 2.35 bits per heavy atom. The van der Waals surface area contributed by atoms with Gasteiger partial charge in [0, 0.05) is 10.5 Å². The molecule has 0 saturated carbocycles. The normalized spacial score (nSPS) is 10.2. The summed E-state index contributed by atoms with van der Waals surface area (Å²) in [6, 6.07) is 16.0. The molecule has 0 aliphatic carbocycles. The van der Waals surface area contributed by atoms with Crippen molar-refractivity contribution in [1.29, 1.82) is 0 Å². The second-order valence-corrected chi connectivity index (χ2v) is 4.71. The molecule has 0 unspecified atom stereocenters. The summed E-state index contributed by atoms with van der Waals surface area (Å²) in [6.07, 6.45) is 2.04. The SMILES string of the molecule is CSc1ccc(C(C)=O)c(-c2ccccc2)c1. The van der Waals surface area contributed by atoms with Crippen LogP contribution < -0.4 is 0 Å². The molecule has 0 N–H and O–H groups in total. The summed E-state index contributed by atoms with van der Waals surface area (Å²) >= 11 is 1.69. The van der Waals surface area contributed by atoms with E-state index in [-0.39, 0.29) is 5.78 Å². The molecule has 2 heteroatoms. The molecule has 2 aromatic rings. The van der Waals surface area contributed by atoms with Gasteiger partial charge in [0.2, 0.25) is 0 Å². The van der Waals surface area contributed by atoms with Crippen LogP contribution in [0, 0.1) is 0 Å². The second kappa shape index (κ2) is 5.19. The zero-order valence-electron chi connectivity index (χ0n) is 9.94. The summed E-state index contributed by atoms with van der Waals surface area (Å²) in [6.45, 7) is 1.61. The van der Waals surface area contributed by atoms with E-state index in [1.54, 1.807) is 18.7 Å². The zero-order valence-corrected chi connectivity index (χ0v) is 10.8. The summed E-state index contributed by atoms with van der Waals surface area (Å²) in [7, 11) is 0. The fourth-order valence-electron chi connectivity index (χ4n) is 1.81. The molecule has 86 valence electrons. The largest absolute Gasteiger partial charge is 0.294 e. The number of ketones is 1. The van der Waals surface area contributed by atoms with E-state index in [0.717, 1.165) is 16.7 Å². The summed E-state index contributed by atoms with van der Waals surface area (Å²) in [5.41, 5.74) is 2.90. The first-order chi connectivity index (χ1) is 8.22. The van der Waals surface area contributed by atoms with Crippen LogP contribution in [0.15, 0.2) is 53.4 Å². The van der Waals surface area contributed by atoms with Gasteiger partial charge in [-0.25, -0.2) is 0 Å². The summed E-state index contributed by atoms with van der Waals surface area (Å²) in [4.78, 5) is 12.8. The van der Waals surface area contributed by atoms with Gasteiger partial charge in [-0.3, -0.25) is 4.79 Å². The quantitative estimate of drug-likeness (QED) is 0.590. The van der Waals surface area contributed by atoms with Crippen molar-refractivity contribution in [1.82, 2.24) is 0 Å². The van der Waals surface area contributed by atoms with Gasteiger partial charge >= 0.3 is 0 Å². The molecule has 0 atom stereocenters. The minimum absolute atomic E-state index is 0.108. The molecule has 0 amide bonds. The Morgan fingerprint density at radius 1 is 1.06 bits per heavy atom. The van der Waals surface area contributed by atoms with Gasteiger partial charge in [0.25, 0.3) is 0 Å². The van der Waals surface area contributed by atoms with E-state index >= 15 is 0 Å². The van der Waals surface area contributed by atoms with Gasteiger partial charge in [-0.05, 0) is 42.5 Å². The van der Waals surface area contributed by atoms with Crippen molar-refractivity contribution in [2.24, 2.45) is 0 Å². The van der Waals surface area contributed by atoms with Gasteiger partial charge in [-0.15, -0.1) is 11.8 Å². The van der Waals surface area contributed by atoms with Crippen molar-refractivity contribution in [3.8, 4) is 11.1 Å². The van der Waals surface area contributed by atoms with E-state index in [1.165, 1.54) is 4.90 Å². The van der Waals surface area contributed by atoms with E-state index in [4.69, 9.17) is 0 Å². The van der Waals surface area contributed by atoms with Gasteiger partial charge in [0.15, 0.2) is 5.78 Å². The molecule has 0 saturated heterocycles. The van der Waals surface area contributed by atoms with E-state index in [9.17, 15) is 4.79 Å². The van der Waals surface area contributed by atoms with Gasteiger partial charge in [0.1, 0.15) is 0 Å². The molecular weight excluding hydrogens is 228 g/mol. The maximum atomic E-state index is 11.6. The molecule has 0 aliphatic rings. The monoisotopic (exact) mass is 242 g/mol. The summed E-state index contributed by atoms with van der Waals surface area (Å²) in [5.74, 6) is 0.108. The highest BCUT2D eigenvalue weighted by molar-refractivity contribution is 7.98. The third-order valence-electron chi connectivity index (χ3n) is 2.69. The Balaban J connectivity index is 2.61. The van der Waals surface area contributed by atoms with E-state index in [1.807, 2.05) is 48.7 Å². The minimum atomic E-state index is 0.108. The average molecular weight is 242 g/mol. The first-order valence-corrected chi connectivity index (χ1v) is 6.69. The maximum absolute atomic E-state index is 11.6. The van der Waals surface area contributed by atoms with Gasteiger partial charge < -0.3 is 0 Å². The van der Waals surface area contributed by atoms with Crippen molar-refractivity contribution in [3.63, 3.8) is 0 Å². The predicted molar refractivity (Wildman–Crippen MR) is 73.7 cm³/mol. The molecule has 1 nitrogen and oxygen atoms in total. The Hall–Kier alpha value is -1.54. The highest BCUT2D eigenvalue weighted by Gasteiger charge is 2.09. The van der Waals surface area contributed by atoms with Crippen LogP contribution in [0.3, 0.4) is 0 Å². The van der Waals surface area contributed by atoms with Crippen LogP contribution in [-0.2, 0) is 0 Å². The van der Waals surface area contributed by atoms with Gasteiger partial charge in [-0.1, -0.05) is 30.3 Å². The third-order valence-corrected chi connectivity index (χ3v) is 3.42. The van der Waals surface area contributed by atoms with Crippen LogP contribution >= 0.6 is 11.8 Å². The highest BCUT2D eigenvalue weighted by Crippen LogP contribution is 2.28.